The summed E-state index contributed by atoms with van der Waals surface area (Å²) in [4.78, 5) is 28.7. The van der Waals surface area contributed by atoms with Gasteiger partial charge in [0.05, 0.1) is 11.7 Å². The minimum Gasteiger partial charge on any atom is -0.396 e. The van der Waals surface area contributed by atoms with E-state index in [1.54, 1.807) is 11.4 Å². The van der Waals surface area contributed by atoms with Crippen molar-refractivity contribution in [1.29, 1.82) is 0 Å². The SMILES string of the molecule is CC(C)(CO)CNC(=O)Cn1cnc2sccc2c1=O. The Labute approximate surface area is 120 Å². The minimum atomic E-state index is -0.379. The number of aromatic nitrogens is 2. The lowest BCUT2D eigenvalue weighted by molar-refractivity contribution is -0.122. The molecule has 6 nitrogen and oxygen atoms in total. The van der Waals surface area contributed by atoms with Crippen molar-refractivity contribution in [2.75, 3.05) is 13.2 Å². The monoisotopic (exact) mass is 295 g/mol. The summed E-state index contributed by atoms with van der Waals surface area (Å²) in [5.74, 6) is -0.273. The molecule has 0 spiro atoms. The summed E-state index contributed by atoms with van der Waals surface area (Å²) in [7, 11) is 0. The third-order valence-electron chi connectivity index (χ3n) is 2.96. The highest BCUT2D eigenvalue weighted by atomic mass is 32.1. The van der Waals surface area contributed by atoms with Gasteiger partial charge in [0, 0.05) is 18.6 Å². The summed E-state index contributed by atoms with van der Waals surface area (Å²) in [6, 6.07) is 1.71. The number of carbonyl (C=O) groups excluding carboxylic acids is 1. The number of fused-ring (bicyclic) bond motifs is 1. The van der Waals surface area contributed by atoms with Crippen LogP contribution >= 0.6 is 11.3 Å². The van der Waals surface area contributed by atoms with Crippen molar-refractivity contribution < 1.29 is 9.90 Å². The fourth-order valence-corrected chi connectivity index (χ4v) is 2.33. The third-order valence-corrected chi connectivity index (χ3v) is 3.78. The number of thiophene rings is 1. The third kappa shape index (κ3) is 3.23. The highest BCUT2D eigenvalue weighted by Gasteiger charge is 2.17. The molecular formula is C13H17N3O3S. The molecule has 2 aromatic rings. The lowest BCUT2D eigenvalue weighted by atomic mass is 9.95. The summed E-state index contributed by atoms with van der Waals surface area (Å²) in [6.45, 7) is 3.96. The van der Waals surface area contributed by atoms with Crippen LogP contribution in [0.1, 0.15) is 13.8 Å². The molecular weight excluding hydrogens is 278 g/mol. The van der Waals surface area contributed by atoms with Crippen LogP contribution in [-0.4, -0.2) is 33.7 Å². The Morgan fingerprint density at radius 3 is 3.00 bits per heavy atom. The molecule has 20 heavy (non-hydrogen) atoms. The average Bonchev–Trinajstić information content (AvgIpc) is 2.89. The second kappa shape index (κ2) is 5.72. The van der Waals surface area contributed by atoms with Crippen LogP contribution in [0.5, 0.6) is 0 Å². The van der Waals surface area contributed by atoms with Gasteiger partial charge in [-0.3, -0.25) is 14.2 Å². The Hall–Kier alpha value is -1.73. The van der Waals surface area contributed by atoms with Gasteiger partial charge in [-0.2, -0.15) is 0 Å². The maximum absolute atomic E-state index is 12.1. The summed E-state index contributed by atoms with van der Waals surface area (Å²) in [5.41, 5.74) is -0.594. The molecule has 7 heteroatoms. The average molecular weight is 295 g/mol. The van der Waals surface area contributed by atoms with Gasteiger partial charge in [0.15, 0.2) is 0 Å². The quantitative estimate of drug-likeness (QED) is 0.845. The lowest BCUT2D eigenvalue weighted by Gasteiger charge is -2.21. The largest absolute Gasteiger partial charge is 0.396 e. The zero-order valence-electron chi connectivity index (χ0n) is 11.4. The second-order valence-electron chi connectivity index (χ2n) is 5.42. The van der Waals surface area contributed by atoms with Gasteiger partial charge in [0.2, 0.25) is 5.91 Å². The molecule has 0 saturated heterocycles. The van der Waals surface area contributed by atoms with E-state index in [0.29, 0.717) is 16.8 Å². The normalized spacial score (nSPS) is 11.8. The Balaban J connectivity index is 2.07. The summed E-state index contributed by atoms with van der Waals surface area (Å²) >= 11 is 1.39. The first kappa shape index (κ1) is 14.7. The van der Waals surface area contributed by atoms with Gasteiger partial charge in [-0.25, -0.2) is 4.98 Å². The van der Waals surface area contributed by atoms with Crippen molar-refractivity contribution in [3.05, 3.63) is 28.1 Å². The fraction of sp³-hybridized carbons (Fsp3) is 0.462. The smallest absolute Gasteiger partial charge is 0.262 e. The molecule has 0 saturated carbocycles. The number of nitrogens with zero attached hydrogens (tertiary/aromatic N) is 2. The molecule has 0 aliphatic carbocycles. The Morgan fingerprint density at radius 1 is 1.55 bits per heavy atom. The molecule has 2 rings (SSSR count). The van der Waals surface area contributed by atoms with Crippen molar-refractivity contribution in [3.63, 3.8) is 0 Å². The van der Waals surface area contributed by atoms with Gasteiger partial charge >= 0.3 is 0 Å². The van der Waals surface area contributed by atoms with Gasteiger partial charge in [-0.15, -0.1) is 11.3 Å². The van der Waals surface area contributed by atoms with Gasteiger partial charge < -0.3 is 10.4 Å². The molecule has 2 N–H and O–H groups in total. The fourth-order valence-electron chi connectivity index (χ4n) is 1.61. The van der Waals surface area contributed by atoms with Crippen LogP contribution in [0.2, 0.25) is 0 Å². The van der Waals surface area contributed by atoms with Gasteiger partial charge in [0.1, 0.15) is 11.4 Å². The highest BCUT2D eigenvalue weighted by molar-refractivity contribution is 7.16. The molecule has 1 amide bonds. The van der Waals surface area contributed by atoms with Crippen LogP contribution in [0, 0.1) is 5.41 Å². The molecule has 108 valence electrons. The molecule has 0 bridgehead atoms. The molecule has 0 aromatic carbocycles. The second-order valence-corrected chi connectivity index (χ2v) is 6.31. The number of hydrogen-bond donors (Lipinski definition) is 2. The first-order valence-corrected chi connectivity index (χ1v) is 7.11. The van der Waals surface area contributed by atoms with Crippen molar-refractivity contribution in [3.8, 4) is 0 Å². The van der Waals surface area contributed by atoms with E-state index in [-0.39, 0.29) is 30.0 Å². The molecule has 0 unspecified atom stereocenters. The van der Waals surface area contributed by atoms with E-state index in [0.717, 1.165) is 0 Å². The molecule has 0 atom stereocenters. The maximum atomic E-state index is 12.1. The van der Waals surface area contributed by atoms with E-state index < -0.39 is 0 Å². The Bertz CT molecular complexity index is 675. The van der Waals surface area contributed by atoms with Crippen molar-refractivity contribution in [2.45, 2.75) is 20.4 Å². The summed E-state index contributed by atoms with van der Waals surface area (Å²) in [6.07, 6.45) is 1.39. The van der Waals surface area contributed by atoms with E-state index in [2.05, 4.69) is 10.3 Å². The van der Waals surface area contributed by atoms with E-state index in [9.17, 15) is 9.59 Å². The number of nitrogens with one attached hydrogen (secondary N) is 1. The summed E-state index contributed by atoms with van der Waals surface area (Å²) in [5, 5.41) is 14.2. The summed E-state index contributed by atoms with van der Waals surface area (Å²) < 4.78 is 1.29. The van der Waals surface area contributed by atoms with Crippen LogP contribution in [0.3, 0.4) is 0 Å². The first-order valence-electron chi connectivity index (χ1n) is 6.23. The number of carbonyl (C=O) groups is 1. The number of hydrogen-bond acceptors (Lipinski definition) is 5. The lowest BCUT2D eigenvalue weighted by Crippen LogP contribution is -2.39. The van der Waals surface area contributed by atoms with E-state index in [4.69, 9.17) is 5.11 Å². The van der Waals surface area contributed by atoms with E-state index in [1.165, 1.54) is 22.2 Å². The predicted octanol–water partition coefficient (Wildman–Crippen LogP) is 0.593. The highest BCUT2D eigenvalue weighted by Crippen LogP contribution is 2.13. The molecule has 0 fully saturated rings. The van der Waals surface area contributed by atoms with E-state index in [1.807, 2.05) is 13.8 Å². The topological polar surface area (TPSA) is 84.2 Å². The van der Waals surface area contributed by atoms with Crippen LogP contribution in [-0.2, 0) is 11.3 Å². The maximum Gasteiger partial charge on any atom is 0.262 e. The molecule has 2 aromatic heterocycles. The van der Waals surface area contributed by atoms with Gasteiger partial charge in [0.25, 0.3) is 5.56 Å². The van der Waals surface area contributed by atoms with Crippen LogP contribution in [0.25, 0.3) is 10.2 Å². The number of aliphatic hydroxyl groups excluding tert-OH is 1. The zero-order valence-corrected chi connectivity index (χ0v) is 12.2. The Morgan fingerprint density at radius 2 is 2.30 bits per heavy atom. The Kier molecular flexibility index (Phi) is 4.20. The molecule has 0 aliphatic heterocycles. The minimum absolute atomic E-state index is 0.0182. The number of aliphatic hydroxyl groups is 1. The molecule has 2 heterocycles. The van der Waals surface area contributed by atoms with Gasteiger partial charge in [-0.1, -0.05) is 13.8 Å². The van der Waals surface area contributed by atoms with Gasteiger partial charge in [-0.05, 0) is 11.4 Å². The van der Waals surface area contributed by atoms with E-state index >= 15 is 0 Å². The standard InChI is InChI=1S/C13H17N3O3S/c1-13(2,7-17)6-14-10(18)5-16-8-15-11-9(12(16)19)3-4-20-11/h3-4,8,17H,5-7H2,1-2H3,(H,14,18). The number of amides is 1. The van der Waals surface area contributed by atoms with Crippen LogP contribution in [0.4, 0.5) is 0 Å². The first-order chi connectivity index (χ1) is 9.43. The number of rotatable bonds is 5. The van der Waals surface area contributed by atoms with Crippen LogP contribution in [0.15, 0.2) is 22.6 Å². The van der Waals surface area contributed by atoms with Crippen molar-refractivity contribution >= 4 is 27.5 Å². The predicted molar refractivity (Wildman–Crippen MR) is 77.8 cm³/mol. The van der Waals surface area contributed by atoms with Crippen molar-refractivity contribution in [2.24, 2.45) is 5.41 Å². The van der Waals surface area contributed by atoms with Crippen molar-refractivity contribution in [1.82, 2.24) is 14.9 Å². The zero-order chi connectivity index (χ0) is 14.8. The molecule has 0 radical (unpaired) electrons. The molecule has 0 aliphatic rings. The van der Waals surface area contributed by atoms with Crippen LogP contribution < -0.4 is 10.9 Å².